The van der Waals surface area contributed by atoms with E-state index in [1.54, 1.807) is 29.2 Å². The van der Waals surface area contributed by atoms with E-state index in [0.717, 1.165) is 26.8 Å². The Labute approximate surface area is 201 Å². The smallest absolute Gasteiger partial charge is 0.268 e. The van der Waals surface area contributed by atoms with Gasteiger partial charge in [-0.3, -0.25) is 4.79 Å². The maximum absolute atomic E-state index is 13.9. The van der Waals surface area contributed by atoms with Crippen molar-refractivity contribution in [3.63, 3.8) is 0 Å². The number of amides is 1. The molecule has 1 aliphatic heterocycles. The number of aliphatic hydroxyl groups is 1. The first-order valence-electron chi connectivity index (χ1n) is 11.1. The highest BCUT2D eigenvalue weighted by molar-refractivity contribution is 7.17. The highest BCUT2D eigenvalue weighted by Gasteiger charge is 2.52. The average molecular weight is 464 g/mol. The van der Waals surface area contributed by atoms with Crippen molar-refractivity contribution in [3.8, 4) is 16.9 Å². The molecule has 1 aromatic heterocycles. The number of carbonyl (C=O) groups is 1. The molecule has 6 rings (SSSR count). The number of benzene rings is 4. The van der Waals surface area contributed by atoms with Crippen molar-refractivity contribution in [2.45, 2.75) is 12.1 Å². The van der Waals surface area contributed by atoms with Crippen molar-refractivity contribution < 1.29 is 15.0 Å². The molecule has 0 bridgehead atoms. The van der Waals surface area contributed by atoms with Crippen LogP contribution in [0, 0.1) is 0 Å². The summed E-state index contributed by atoms with van der Waals surface area (Å²) in [6.07, 6.45) is 0. The van der Waals surface area contributed by atoms with Crippen LogP contribution in [0.1, 0.15) is 16.7 Å². The fourth-order valence-corrected chi connectivity index (χ4v) is 5.68. The van der Waals surface area contributed by atoms with Crippen molar-refractivity contribution in [2.75, 3.05) is 4.90 Å². The summed E-state index contributed by atoms with van der Waals surface area (Å²) < 4.78 is 0.902. The summed E-state index contributed by atoms with van der Waals surface area (Å²) in [5.41, 5.74) is 2.42. The zero-order valence-electron chi connectivity index (χ0n) is 18.2. The van der Waals surface area contributed by atoms with Gasteiger partial charge < -0.3 is 15.1 Å². The first-order chi connectivity index (χ1) is 16.6. The molecule has 166 valence electrons. The van der Waals surface area contributed by atoms with Crippen molar-refractivity contribution in [1.82, 2.24) is 0 Å². The van der Waals surface area contributed by atoms with E-state index in [9.17, 15) is 15.0 Å². The number of hydrogen-bond donors (Lipinski definition) is 2. The van der Waals surface area contributed by atoms with Gasteiger partial charge in [-0.2, -0.15) is 0 Å². The number of rotatable bonds is 4. The summed E-state index contributed by atoms with van der Waals surface area (Å²) in [6, 6.07) is 30.5. The van der Waals surface area contributed by atoms with E-state index in [-0.39, 0.29) is 11.3 Å². The summed E-state index contributed by atoms with van der Waals surface area (Å²) in [5.74, 6) is -0.564. The predicted molar refractivity (Wildman–Crippen MR) is 136 cm³/mol. The van der Waals surface area contributed by atoms with Crippen LogP contribution in [0.5, 0.6) is 5.75 Å². The van der Waals surface area contributed by atoms with Crippen LogP contribution in [0.25, 0.3) is 21.2 Å². The topological polar surface area (TPSA) is 60.8 Å². The van der Waals surface area contributed by atoms with E-state index in [2.05, 4.69) is 0 Å². The summed E-state index contributed by atoms with van der Waals surface area (Å²) in [7, 11) is 0. The number of nitrogens with zero attached hydrogens (tertiary/aromatic N) is 1. The Hall–Kier alpha value is -3.93. The molecule has 2 N–H and O–H groups in total. The van der Waals surface area contributed by atoms with Crippen molar-refractivity contribution in [3.05, 3.63) is 119 Å². The number of fused-ring (bicyclic) bond motifs is 2. The van der Waals surface area contributed by atoms with Crippen LogP contribution in [-0.2, 0) is 16.9 Å². The number of phenols is 1. The van der Waals surface area contributed by atoms with E-state index in [0.29, 0.717) is 17.8 Å². The Morgan fingerprint density at radius 1 is 0.824 bits per heavy atom. The van der Waals surface area contributed by atoms with Gasteiger partial charge in [-0.05, 0) is 51.7 Å². The van der Waals surface area contributed by atoms with Gasteiger partial charge in [0.2, 0.25) is 0 Å². The molecule has 2 heterocycles. The number of anilines is 1. The third kappa shape index (κ3) is 3.05. The Morgan fingerprint density at radius 2 is 1.56 bits per heavy atom. The number of phenolic OH excluding ortho intramolecular Hbond substituents is 1. The highest BCUT2D eigenvalue weighted by Crippen LogP contribution is 2.48. The molecular formula is C29H21NO3S. The van der Waals surface area contributed by atoms with Gasteiger partial charge in [-0.15, -0.1) is 11.3 Å². The first kappa shape index (κ1) is 20.7. The Morgan fingerprint density at radius 3 is 2.41 bits per heavy atom. The standard InChI is InChI=1S/C29H21NO3S/c31-26-16-20-14-15-34-27(20)17-24(26)29(33)23-12-6-7-13-25(23)30(28(29)32)18-21-10-4-5-11-22(21)19-8-2-1-3-9-19/h1-17,31,33H,18H2. The first-order valence-corrected chi connectivity index (χ1v) is 11.9. The third-order valence-corrected chi connectivity index (χ3v) is 7.41. The van der Waals surface area contributed by atoms with Gasteiger partial charge in [-0.1, -0.05) is 72.8 Å². The van der Waals surface area contributed by atoms with E-state index in [1.807, 2.05) is 78.2 Å². The highest BCUT2D eigenvalue weighted by atomic mass is 32.1. The molecule has 4 nitrogen and oxygen atoms in total. The molecule has 0 saturated heterocycles. The molecule has 0 aliphatic carbocycles. The van der Waals surface area contributed by atoms with E-state index in [1.165, 1.54) is 11.3 Å². The summed E-state index contributed by atoms with van der Waals surface area (Å²) >= 11 is 1.51. The largest absolute Gasteiger partial charge is 0.508 e. The fraction of sp³-hybridized carbons (Fsp3) is 0.0690. The maximum atomic E-state index is 13.9. The molecule has 5 heteroatoms. The second-order valence-corrected chi connectivity index (χ2v) is 9.42. The van der Waals surface area contributed by atoms with Crippen LogP contribution in [0.15, 0.2) is 102 Å². The predicted octanol–water partition coefficient (Wildman–Crippen LogP) is 6.06. The van der Waals surface area contributed by atoms with Gasteiger partial charge in [0, 0.05) is 15.8 Å². The van der Waals surface area contributed by atoms with Gasteiger partial charge in [0.05, 0.1) is 12.2 Å². The third-order valence-electron chi connectivity index (χ3n) is 6.53. The van der Waals surface area contributed by atoms with E-state index in [4.69, 9.17) is 0 Å². The van der Waals surface area contributed by atoms with Crippen molar-refractivity contribution in [2.24, 2.45) is 0 Å². The molecule has 1 aliphatic rings. The van der Waals surface area contributed by atoms with Crippen LogP contribution < -0.4 is 4.90 Å². The van der Waals surface area contributed by atoms with Crippen LogP contribution in [0.2, 0.25) is 0 Å². The van der Waals surface area contributed by atoms with Crippen LogP contribution in [0.3, 0.4) is 0 Å². The Kier molecular flexibility index (Phi) is 4.76. The SMILES string of the molecule is O=C1N(Cc2ccccc2-c2ccccc2)c2ccccc2C1(O)c1cc2sccc2cc1O. The fourth-order valence-electron chi connectivity index (χ4n) is 4.87. The molecule has 1 unspecified atom stereocenters. The lowest BCUT2D eigenvalue weighted by Crippen LogP contribution is -2.41. The minimum atomic E-state index is -1.97. The lowest BCUT2D eigenvalue weighted by Gasteiger charge is -2.25. The Bertz CT molecular complexity index is 1540. The molecular weight excluding hydrogens is 442 g/mol. The lowest BCUT2D eigenvalue weighted by molar-refractivity contribution is -0.132. The Balaban J connectivity index is 1.48. The van der Waals surface area contributed by atoms with Crippen molar-refractivity contribution in [1.29, 1.82) is 0 Å². The second-order valence-electron chi connectivity index (χ2n) is 8.47. The number of para-hydroxylation sites is 1. The zero-order valence-corrected chi connectivity index (χ0v) is 19.0. The quantitative estimate of drug-likeness (QED) is 0.341. The molecule has 0 fully saturated rings. The van der Waals surface area contributed by atoms with E-state index >= 15 is 0 Å². The van der Waals surface area contributed by atoms with Gasteiger partial charge in [-0.25, -0.2) is 0 Å². The molecule has 4 aromatic carbocycles. The van der Waals surface area contributed by atoms with Crippen LogP contribution in [-0.4, -0.2) is 16.1 Å². The van der Waals surface area contributed by atoms with Gasteiger partial charge in [0.15, 0.2) is 5.60 Å². The number of aromatic hydroxyl groups is 1. The minimum absolute atomic E-state index is 0.0944. The molecule has 34 heavy (non-hydrogen) atoms. The van der Waals surface area contributed by atoms with Gasteiger partial charge >= 0.3 is 0 Å². The normalized spacial score (nSPS) is 17.3. The summed E-state index contributed by atoms with van der Waals surface area (Å²) in [5, 5.41) is 25.6. The molecule has 0 radical (unpaired) electrons. The van der Waals surface area contributed by atoms with Gasteiger partial charge in [0.25, 0.3) is 5.91 Å². The molecule has 1 amide bonds. The minimum Gasteiger partial charge on any atom is -0.508 e. The number of hydrogen-bond acceptors (Lipinski definition) is 4. The molecule has 5 aromatic rings. The lowest BCUT2D eigenvalue weighted by atomic mass is 9.86. The van der Waals surface area contributed by atoms with Crippen LogP contribution >= 0.6 is 11.3 Å². The van der Waals surface area contributed by atoms with E-state index < -0.39 is 11.5 Å². The maximum Gasteiger partial charge on any atom is 0.268 e. The molecule has 0 spiro atoms. The molecule has 0 saturated carbocycles. The number of carbonyl (C=O) groups excluding carboxylic acids is 1. The summed E-state index contributed by atoms with van der Waals surface area (Å²) in [4.78, 5) is 15.6. The molecule has 1 atom stereocenters. The zero-order chi connectivity index (χ0) is 23.3. The second kappa shape index (κ2) is 7.83. The number of thiophene rings is 1. The average Bonchev–Trinajstić information content (AvgIpc) is 3.41. The monoisotopic (exact) mass is 463 g/mol. The summed E-state index contributed by atoms with van der Waals surface area (Å²) in [6.45, 7) is 0.297. The van der Waals surface area contributed by atoms with Crippen LogP contribution in [0.4, 0.5) is 5.69 Å². The van der Waals surface area contributed by atoms with Gasteiger partial charge in [0.1, 0.15) is 5.75 Å². The van der Waals surface area contributed by atoms with Crippen molar-refractivity contribution >= 4 is 33.0 Å².